The van der Waals surface area contributed by atoms with Gasteiger partial charge in [-0.15, -0.1) is 0 Å². The fourth-order valence-electron chi connectivity index (χ4n) is 4.45. The number of halogens is 1. The van der Waals surface area contributed by atoms with Gasteiger partial charge in [0.25, 0.3) is 0 Å². The quantitative estimate of drug-likeness (QED) is 0.481. The summed E-state index contributed by atoms with van der Waals surface area (Å²) < 4.78 is 14.3. The average Bonchev–Trinajstić information content (AvgIpc) is 2.68. The minimum atomic E-state index is -0.110. The average molecular weight is 353 g/mol. The van der Waals surface area contributed by atoms with Gasteiger partial charge in [-0.05, 0) is 53.9 Å². The molecule has 0 aromatic heterocycles. The molecule has 3 rings (SSSR count). The lowest BCUT2D eigenvalue weighted by Crippen LogP contribution is -2.15. The van der Waals surface area contributed by atoms with Gasteiger partial charge in [-0.1, -0.05) is 88.8 Å². The summed E-state index contributed by atoms with van der Waals surface area (Å²) in [4.78, 5) is 0. The smallest absolute Gasteiger partial charge is 0.131 e. The van der Waals surface area contributed by atoms with E-state index in [4.69, 9.17) is 0 Å². The Morgan fingerprint density at radius 2 is 1.42 bits per heavy atom. The zero-order valence-electron chi connectivity index (χ0n) is 16.4. The molecule has 26 heavy (non-hydrogen) atoms. The first-order chi connectivity index (χ1) is 12.7. The van der Waals surface area contributed by atoms with Crippen LogP contribution in [0.1, 0.15) is 69.9 Å². The van der Waals surface area contributed by atoms with Crippen molar-refractivity contribution in [1.82, 2.24) is 0 Å². The Balaban J connectivity index is 1.54. The van der Waals surface area contributed by atoms with Crippen molar-refractivity contribution in [2.24, 2.45) is 11.8 Å². The topological polar surface area (TPSA) is 0 Å². The Labute approximate surface area is 158 Å². The normalized spacial score (nSPS) is 20.3. The highest BCUT2D eigenvalue weighted by molar-refractivity contribution is 5.64. The van der Waals surface area contributed by atoms with Crippen LogP contribution in [0.25, 0.3) is 11.1 Å². The molecule has 0 nitrogen and oxygen atoms in total. The molecule has 1 aliphatic rings. The summed E-state index contributed by atoms with van der Waals surface area (Å²) in [6, 6.07) is 14.1. The second kappa shape index (κ2) is 9.35. The molecule has 0 aliphatic heterocycles. The van der Waals surface area contributed by atoms with E-state index in [-0.39, 0.29) is 5.82 Å². The van der Waals surface area contributed by atoms with Crippen LogP contribution in [0.3, 0.4) is 0 Å². The SMILES string of the molecule is CCC[C@H]1CC[C@H](CCc2ccc(-c3ccc(CC)cc3F)cc2)CC1. The number of benzene rings is 2. The van der Waals surface area contributed by atoms with Crippen LogP contribution in [0.4, 0.5) is 4.39 Å². The lowest BCUT2D eigenvalue weighted by molar-refractivity contribution is 0.252. The first kappa shape index (κ1) is 19.1. The van der Waals surface area contributed by atoms with Crippen molar-refractivity contribution in [3.8, 4) is 11.1 Å². The summed E-state index contributed by atoms with van der Waals surface area (Å²) in [7, 11) is 0. The molecule has 0 amide bonds. The zero-order valence-corrected chi connectivity index (χ0v) is 16.4. The maximum absolute atomic E-state index is 14.3. The van der Waals surface area contributed by atoms with Crippen molar-refractivity contribution in [2.75, 3.05) is 0 Å². The van der Waals surface area contributed by atoms with Crippen molar-refractivity contribution in [1.29, 1.82) is 0 Å². The van der Waals surface area contributed by atoms with E-state index < -0.39 is 0 Å². The van der Waals surface area contributed by atoms with Crippen molar-refractivity contribution in [3.63, 3.8) is 0 Å². The van der Waals surface area contributed by atoms with Crippen LogP contribution in [0.2, 0.25) is 0 Å². The monoisotopic (exact) mass is 352 g/mol. The summed E-state index contributed by atoms with van der Waals surface area (Å²) in [5.74, 6) is 1.78. The minimum absolute atomic E-state index is 0.110. The Morgan fingerprint density at radius 3 is 2.00 bits per heavy atom. The van der Waals surface area contributed by atoms with Gasteiger partial charge in [0.2, 0.25) is 0 Å². The van der Waals surface area contributed by atoms with Crippen LogP contribution >= 0.6 is 0 Å². The van der Waals surface area contributed by atoms with Crippen LogP contribution in [0, 0.1) is 17.7 Å². The Kier molecular flexibility index (Phi) is 6.88. The molecule has 0 unspecified atom stereocenters. The van der Waals surface area contributed by atoms with Crippen LogP contribution in [-0.2, 0) is 12.8 Å². The van der Waals surface area contributed by atoms with E-state index in [1.165, 1.54) is 50.5 Å². The lowest BCUT2D eigenvalue weighted by Gasteiger charge is -2.28. The van der Waals surface area contributed by atoms with Gasteiger partial charge in [-0.25, -0.2) is 4.39 Å². The number of hydrogen-bond acceptors (Lipinski definition) is 0. The zero-order chi connectivity index (χ0) is 18.4. The van der Waals surface area contributed by atoms with Gasteiger partial charge in [-0.2, -0.15) is 0 Å². The summed E-state index contributed by atoms with van der Waals surface area (Å²) in [6.07, 6.45) is 11.8. The first-order valence-electron chi connectivity index (χ1n) is 10.6. The molecule has 2 aromatic rings. The van der Waals surface area contributed by atoms with Gasteiger partial charge < -0.3 is 0 Å². The summed E-state index contributed by atoms with van der Waals surface area (Å²) in [6.45, 7) is 4.36. The van der Waals surface area contributed by atoms with Crippen LogP contribution in [0.5, 0.6) is 0 Å². The number of rotatable bonds is 7. The molecule has 140 valence electrons. The van der Waals surface area contributed by atoms with Crippen LogP contribution in [-0.4, -0.2) is 0 Å². The molecule has 0 spiro atoms. The third-order valence-electron chi connectivity index (χ3n) is 6.21. The molecular weight excluding hydrogens is 319 g/mol. The van der Waals surface area contributed by atoms with E-state index in [1.54, 1.807) is 6.07 Å². The van der Waals surface area contributed by atoms with Crippen molar-refractivity contribution < 1.29 is 4.39 Å². The van der Waals surface area contributed by atoms with E-state index in [1.807, 2.05) is 12.1 Å². The van der Waals surface area contributed by atoms with E-state index >= 15 is 0 Å². The summed E-state index contributed by atoms with van der Waals surface area (Å²) >= 11 is 0. The van der Waals surface area contributed by atoms with Gasteiger partial charge in [0.15, 0.2) is 0 Å². The second-order valence-corrected chi connectivity index (χ2v) is 8.08. The molecule has 0 N–H and O–H groups in total. The Hall–Kier alpha value is -1.63. The third-order valence-corrected chi connectivity index (χ3v) is 6.21. The molecule has 0 saturated heterocycles. The molecule has 1 saturated carbocycles. The molecule has 0 radical (unpaired) electrons. The summed E-state index contributed by atoms with van der Waals surface area (Å²) in [5, 5.41) is 0. The molecule has 1 fully saturated rings. The number of hydrogen-bond donors (Lipinski definition) is 0. The Bertz CT molecular complexity index is 678. The molecule has 1 heteroatoms. The number of aryl methyl sites for hydroxylation is 2. The molecule has 1 aliphatic carbocycles. The van der Waals surface area contributed by atoms with Crippen molar-refractivity contribution >= 4 is 0 Å². The molecular formula is C25H33F. The predicted molar refractivity (Wildman–Crippen MR) is 110 cm³/mol. The highest BCUT2D eigenvalue weighted by Crippen LogP contribution is 2.34. The van der Waals surface area contributed by atoms with Gasteiger partial charge >= 0.3 is 0 Å². The predicted octanol–water partition coefficient (Wildman–Crippen LogP) is 7.59. The van der Waals surface area contributed by atoms with Crippen LogP contribution in [0.15, 0.2) is 42.5 Å². The molecule has 0 heterocycles. The molecule has 0 bridgehead atoms. The third kappa shape index (κ3) is 4.96. The van der Waals surface area contributed by atoms with E-state index in [2.05, 4.69) is 38.1 Å². The van der Waals surface area contributed by atoms with Gasteiger partial charge in [0.1, 0.15) is 5.82 Å². The van der Waals surface area contributed by atoms with Crippen molar-refractivity contribution in [3.05, 3.63) is 59.4 Å². The molecule has 0 atom stereocenters. The van der Waals surface area contributed by atoms with E-state index in [9.17, 15) is 4.39 Å². The lowest BCUT2D eigenvalue weighted by atomic mass is 9.78. The maximum Gasteiger partial charge on any atom is 0.131 e. The standard InChI is InChI=1S/C25H33F/c1-3-5-20-6-8-21(9-7-20)10-11-22-12-15-23(16-13-22)24-17-14-19(4-2)18-25(24)26/h12-18,20-21H,3-11H2,1-2H3/t20-,21-. The first-order valence-corrected chi connectivity index (χ1v) is 10.6. The van der Waals surface area contributed by atoms with Crippen molar-refractivity contribution in [2.45, 2.75) is 71.6 Å². The van der Waals surface area contributed by atoms with E-state index in [0.717, 1.165) is 35.8 Å². The van der Waals surface area contributed by atoms with E-state index in [0.29, 0.717) is 5.56 Å². The highest BCUT2D eigenvalue weighted by Gasteiger charge is 2.20. The second-order valence-electron chi connectivity index (χ2n) is 8.08. The maximum atomic E-state index is 14.3. The highest BCUT2D eigenvalue weighted by atomic mass is 19.1. The van der Waals surface area contributed by atoms with Gasteiger partial charge in [0.05, 0.1) is 0 Å². The van der Waals surface area contributed by atoms with Gasteiger partial charge in [-0.3, -0.25) is 0 Å². The summed E-state index contributed by atoms with van der Waals surface area (Å²) in [5.41, 5.74) is 4.13. The minimum Gasteiger partial charge on any atom is -0.206 e. The fourth-order valence-corrected chi connectivity index (χ4v) is 4.45. The van der Waals surface area contributed by atoms with Gasteiger partial charge in [0, 0.05) is 5.56 Å². The Morgan fingerprint density at radius 1 is 0.808 bits per heavy atom. The molecule has 2 aromatic carbocycles. The van der Waals surface area contributed by atoms with Crippen LogP contribution < -0.4 is 0 Å². The fraction of sp³-hybridized carbons (Fsp3) is 0.520. The largest absolute Gasteiger partial charge is 0.206 e.